The molecule has 1 aliphatic heterocycles. The number of aliphatic imine (C=N–C) groups is 1. The van der Waals surface area contributed by atoms with E-state index in [0.717, 1.165) is 0 Å². The molecule has 42 valence electrons. The smallest absolute Gasteiger partial charge is 0.144 e. The van der Waals surface area contributed by atoms with E-state index in [2.05, 4.69) is 4.99 Å². The van der Waals surface area contributed by atoms with Crippen LogP contribution in [0.5, 0.6) is 0 Å². The molecule has 0 radical (unpaired) electrons. The second kappa shape index (κ2) is 1.33. The molecule has 1 heterocycles. The van der Waals surface area contributed by atoms with Gasteiger partial charge >= 0.3 is 0 Å². The second-order valence-corrected chi connectivity index (χ2v) is 1.48. The average Bonchev–Trinajstić information content (AvgIpc) is 1.61. The van der Waals surface area contributed by atoms with E-state index < -0.39 is 0 Å². The van der Waals surface area contributed by atoms with Gasteiger partial charge in [0.05, 0.1) is 11.9 Å². The van der Waals surface area contributed by atoms with Gasteiger partial charge in [0.2, 0.25) is 0 Å². The monoisotopic (exact) mass is 110 g/mol. The van der Waals surface area contributed by atoms with Crippen molar-refractivity contribution < 1.29 is 0 Å². The third-order valence-electron chi connectivity index (χ3n) is 0.861. The SMILES string of the molecule is N=C(N)C1=NC=C1N. The Morgan fingerprint density at radius 2 is 2.38 bits per heavy atom. The summed E-state index contributed by atoms with van der Waals surface area (Å²) in [5.41, 5.74) is 11.2. The molecule has 0 aromatic heterocycles. The molecule has 1 aliphatic rings. The first kappa shape index (κ1) is 4.83. The lowest BCUT2D eigenvalue weighted by molar-refractivity contribution is 1.31. The number of hydrogen-bond acceptors (Lipinski definition) is 3. The maximum absolute atomic E-state index is 6.81. The molecule has 4 heteroatoms. The van der Waals surface area contributed by atoms with Gasteiger partial charge in [-0.15, -0.1) is 0 Å². The number of hydrogen-bond donors (Lipinski definition) is 3. The van der Waals surface area contributed by atoms with E-state index >= 15 is 0 Å². The summed E-state index contributed by atoms with van der Waals surface area (Å²) in [6, 6.07) is 0. The van der Waals surface area contributed by atoms with Crippen LogP contribution in [0.25, 0.3) is 0 Å². The molecule has 0 aromatic carbocycles. The van der Waals surface area contributed by atoms with Gasteiger partial charge in [0.1, 0.15) is 11.5 Å². The fraction of sp³-hybridized carbons (Fsp3) is 0. The van der Waals surface area contributed by atoms with Gasteiger partial charge in [-0.1, -0.05) is 0 Å². The van der Waals surface area contributed by atoms with Crippen molar-refractivity contribution in [2.24, 2.45) is 16.5 Å². The first-order valence-electron chi connectivity index (χ1n) is 2.10. The highest BCUT2D eigenvalue weighted by molar-refractivity contribution is 6.47. The summed E-state index contributed by atoms with van der Waals surface area (Å²) < 4.78 is 0. The summed E-state index contributed by atoms with van der Waals surface area (Å²) in [6.07, 6.45) is 1.47. The molecule has 0 saturated carbocycles. The Hall–Kier alpha value is -1.32. The van der Waals surface area contributed by atoms with E-state index in [9.17, 15) is 0 Å². The first-order valence-corrected chi connectivity index (χ1v) is 2.10. The van der Waals surface area contributed by atoms with Crippen molar-refractivity contribution in [1.29, 1.82) is 5.41 Å². The summed E-state index contributed by atoms with van der Waals surface area (Å²) in [5.74, 6) is -0.0648. The zero-order valence-corrected chi connectivity index (χ0v) is 4.18. The lowest BCUT2D eigenvalue weighted by Gasteiger charge is -2.08. The molecule has 0 saturated heterocycles. The minimum absolute atomic E-state index is 0.0648. The summed E-state index contributed by atoms with van der Waals surface area (Å²) in [5, 5.41) is 6.81. The molecular weight excluding hydrogens is 104 g/mol. The van der Waals surface area contributed by atoms with Crippen molar-refractivity contribution in [3.8, 4) is 0 Å². The van der Waals surface area contributed by atoms with Crippen LogP contribution in [0.1, 0.15) is 0 Å². The van der Waals surface area contributed by atoms with E-state index in [0.29, 0.717) is 11.4 Å². The topological polar surface area (TPSA) is 88.2 Å². The number of nitrogens with two attached hydrogens (primary N) is 2. The van der Waals surface area contributed by atoms with Crippen LogP contribution in [0.15, 0.2) is 16.9 Å². The highest BCUT2D eigenvalue weighted by atomic mass is 14.9. The molecule has 0 fully saturated rings. The number of nitrogens with one attached hydrogen (secondary N) is 1. The Bertz CT molecular complexity index is 182. The Balaban J connectivity index is 2.66. The van der Waals surface area contributed by atoms with E-state index in [4.69, 9.17) is 16.9 Å². The predicted molar refractivity (Wildman–Crippen MR) is 31.6 cm³/mol. The van der Waals surface area contributed by atoms with E-state index in [1.165, 1.54) is 6.20 Å². The van der Waals surface area contributed by atoms with Crippen LogP contribution in [0.3, 0.4) is 0 Å². The van der Waals surface area contributed by atoms with Gasteiger partial charge in [0.25, 0.3) is 0 Å². The van der Waals surface area contributed by atoms with Gasteiger partial charge in [0, 0.05) is 0 Å². The molecule has 0 atom stereocenters. The molecule has 1 rings (SSSR count). The van der Waals surface area contributed by atoms with E-state index in [1.807, 2.05) is 0 Å². The van der Waals surface area contributed by atoms with E-state index in [1.54, 1.807) is 0 Å². The molecule has 0 aromatic rings. The Labute approximate surface area is 46.4 Å². The van der Waals surface area contributed by atoms with Gasteiger partial charge < -0.3 is 11.5 Å². The zero-order chi connectivity index (χ0) is 6.15. The van der Waals surface area contributed by atoms with Crippen molar-refractivity contribution in [1.82, 2.24) is 0 Å². The van der Waals surface area contributed by atoms with Crippen LogP contribution < -0.4 is 11.5 Å². The minimum Gasteiger partial charge on any atom is -0.396 e. The molecule has 0 spiro atoms. The molecule has 0 unspecified atom stereocenters. The van der Waals surface area contributed by atoms with Gasteiger partial charge in [-0.3, -0.25) is 5.41 Å². The second-order valence-electron chi connectivity index (χ2n) is 1.48. The quantitative estimate of drug-likeness (QED) is 0.304. The van der Waals surface area contributed by atoms with Crippen LogP contribution in [-0.2, 0) is 0 Å². The highest BCUT2D eigenvalue weighted by Gasteiger charge is 2.11. The maximum Gasteiger partial charge on any atom is 0.144 e. The number of amidine groups is 1. The van der Waals surface area contributed by atoms with Crippen molar-refractivity contribution in [2.45, 2.75) is 0 Å². The van der Waals surface area contributed by atoms with Crippen molar-refractivity contribution in [3.05, 3.63) is 11.9 Å². The van der Waals surface area contributed by atoms with Crippen LogP contribution in [0.2, 0.25) is 0 Å². The highest BCUT2D eigenvalue weighted by Crippen LogP contribution is 2.01. The summed E-state index contributed by atoms with van der Waals surface area (Å²) in [6.45, 7) is 0. The Kier molecular flexibility index (Phi) is 0.802. The standard InChI is InChI=1S/C4H6N4/c5-2-1-8-3(2)4(6)7/h1H,5H2,(H3,6,7). The summed E-state index contributed by atoms with van der Waals surface area (Å²) in [7, 11) is 0. The van der Waals surface area contributed by atoms with Gasteiger partial charge in [-0.05, 0) is 0 Å². The average molecular weight is 110 g/mol. The van der Waals surface area contributed by atoms with Crippen molar-refractivity contribution >= 4 is 11.5 Å². The third-order valence-corrected chi connectivity index (χ3v) is 0.861. The fourth-order valence-electron chi connectivity index (χ4n) is 0.429. The van der Waals surface area contributed by atoms with Crippen LogP contribution >= 0.6 is 0 Å². The van der Waals surface area contributed by atoms with Crippen LogP contribution in [-0.4, -0.2) is 11.5 Å². The Morgan fingerprint density at radius 3 is 2.38 bits per heavy atom. The molecule has 0 amide bonds. The molecule has 0 bridgehead atoms. The predicted octanol–water partition coefficient (Wildman–Crippen LogP) is -0.823. The third kappa shape index (κ3) is 0.465. The zero-order valence-electron chi connectivity index (χ0n) is 4.18. The molecular formula is C4H6N4. The molecule has 4 nitrogen and oxygen atoms in total. The molecule has 8 heavy (non-hydrogen) atoms. The van der Waals surface area contributed by atoms with Gasteiger partial charge in [0.15, 0.2) is 0 Å². The number of rotatable bonds is 1. The van der Waals surface area contributed by atoms with Gasteiger partial charge in [-0.2, -0.15) is 0 Å². The van der Waals surface area contributed by atoms with E-state index in [-0.39, 0.29) is 5.84 Å². The first-order chi connectivity index (χ1) is 3.72. The summed E-state index contributed by atoms with van der Waals surface area (Å²) >= 11 is 0. The van der Waals surface area contributed by atoms with Crippen molar-refractivity contribution in [3.63, 3.8) is 0 Å². The lowest BCUT2D eigenvalue weighted by atomic mass is 10.2. The number of nitrogens with zero attached hydrogens (tertiary/aromatic N) is 1. The fourth-order valence-corrected chi connectivity index (χ4v) is 0.429. The maximum atomic E-state index is 6.81. The Morgan fingerprint density at radius 1 is 1.75 bits per heavy atom. The molecule has 5 N–H and O–H groups in total. The molecule has 0 aliphatic carbocycles. The van der Waals surface area contributed by atoms with Gasteiger partial charge in [-0.25, -0.2) is 4.99 Å². The normalized spacial score (nSPS) is 16.0. The minimum atomic E-state index is -0.0648. The largest absolute Gasteiger partial charge is 0.396 e. The van der Waals surface area contributed by atoms with Crippen LogP contribution in [0, 0.1) is 5.41 Å². The van der Waals surface area contributed by atoms with Crippen molar-refractivity contribution in [2.75, 3.05) is 0 Å². The lowest BCUT2D eigenvalue weighted by Crippen LogP contribution is -2.31. The van der Waals surface area contributed by atoms with Crippen LogP contribution in [0.4, 0.5) is 0 Å². The summed E-state index contributed by atoms with van der Waals surface area (Å²) in [4.78, 5) is 3.63.